The van der Waals surface area contributed by atoms with Crippen molar-refractivity contribution in [2.45, 2.75) is 40.0 Å². The van der Waals surface area contributed by atoms with Gasteiger partial charge >= 0.3 is 0 Å². The third-order valence-corrected chi connectivity index (χ3v) is 3.01. The molecule has 0 aliphatic heterocycles. The Hall–Kier alpha value is -1.20. The van der Waals surface area contributed by atoms with Gasteiger partial charge in [-0.15, -0.1) is 0 Å². The first-order chi connectivity index (χ1) is 8.17. The van der Waals surface area contributed by atoms with Crippen LogP contribution in [-0.4, -0.2) is 18.3 Å². The third-order valence-electron chi connectivity index (χ3n) is 3.01. The second kappa shape index (κ2) is 7.19. The highest BCUT2D eigenvalue weighted by atomic mass is 16.3. The van der Waals surface area contributed by atoms with Crippen molar-refractivity contribution in [3.63, 3.8) is 0 Å². The molecule has 0 bridgehead atoms. The summed E-state index contributed by atoms with van der Waals surface area (Å²) in [5.74, 6) is 0.541. The molecule has 2 N–H and O–H groups in total. The van der Waals surface area contributed by atoms with Gasteiger partial charge in [0.2, 0.25) is 0 Å². The molecule has 0 saturated carbocycles. The summed E-state index contributed by atoms with van der Waals surface area (Å²) in [7, 11) is 0. The van der Waals surface area contributed by atoms with Gasteiger partial charge in [-0.1, -0.05) is 19.1 Å². The molecule has 0 fully saturated rings. The van der Waals surface area contributed by atoms with Crippen LogP contribution >= 0.6 is 0 Å². The van der Waals surface area contributed by atoms with Gasteiger partial charge in [-0.3, -0.25) is 0 Å². The minimum atomic E-state index is 0.273. The summed E-state index contributed by atoms with van der Waals surface area (Å²) in [6.45, 7) is 7.47. The van der Waals surface area contributed by atoms with Gasteiger partial charge in [-0.2, -0.15) is 0 Å². The molecule has 1 rings (SSSR count). The van der Waals surface area contributed by atoms with Crippen molar-refractivity contribution < 1.29 is 5.11 Å². The fourth-order valence-corrected chi connectivity index (χ4v) is 2.06. The Bertz CT molecular complexity index is 374. The molecule has 0 aromatic rings. The molecule has 0 spiro atoms. The molecule has 0 saturated heterocycles. The van der Waals surface area contributed by atoms with Crippen LogP contribution in [0.4, 0.5) is 0 Å². The van der Waals surface area contributed by atoms with Gasteiger partial charge in [-0.25, -0.2) is 0 Å². The van der Waals surface area contributed by atoms with Crippen LogP contribution in [0.5, 0.6) is 0 Å². The van der Waals surface area contributed by atoms with Crippen molar-refractivity contribution in [1.82, 2.24) is 5.32 Å². The van der Waals surface area contributed by atoms with Crippen molar-refractivity contribution in [1.29, 1.82) is 0 Å². The van der Waals surface area contributed by atoms with Crippen molar-refractivity contribution in [3.8, 4) is 0 Å². The molecule has 2 heteroatoms. The summed E-state index contributed by atoms with van der Waals surface area (Å²) in [5.41, 5.74) is 9.60. The summed E-state index contributed by atoms with van der Waals surface area (Å²) < 4.78 is 0. The zero-order valence-corrected chi connectivity index (χ0v) is 11.1. The molecule has 2 nitrogen and oxygen atoms in total. The van der Waals surface area contributed by atoms with Crippen molar-refractivity contribution in [2.24, 2.45) is 5.92 Å². The quantitative estimate of drug-likeness (QED) is 0.663. The van der Waals surface area contributed by atoms with E-state index in [0.29, 0.717) is 5.92 Å². The molecular formula is C15H23NO. The van der Waals surface area contributed by atoms with Gasteiger partial charge in [-0.05, 0) is 55.6 Å². The van der Waals surface area contributed by atoms with E-state index in [1.807, 2.05) is 6.92 Å². The summed E-state index contributed by atoms with van der Waals surface area (Å²) >= 11 is 0. The number of nitrogens with one attached hydrogen (secondary N) is 1. The monoisotopic (exact) mass is 233 g/mol. The summed E-state index contributed by atoms with van der Waals surface area (Å²) in [6, 6.07) is 0. The Morgan fingerprint density at radius 2 is 2.06 bits per heavy atom. The number of aliphatic hydroxyl groups excluding tert-OH is 1. The highest BCUT2D eigenvalue weighted by Crippen LogP contribution is 2.14. The predicted molar refractivity (Wildman–Crippen MR) is 71.6 cm³/mol. The zero-order valence-electron chi connectivity index (χ0n) is 11.1. The van der Waals surface area contributed by atoms with Gasteiger partial charge in [0.1, 0.15) is 0 Å². The highest BCUT2D eigenvalue weighted by Gasteiger charge is 2.09. The number of allylic oxidation sites excluding steroid dienone is 3. The van der Waals surface area contributed by atoms with Crippen LogP contribution in [0.3, 0.4) is 0 Å². The smallest absolute Gasteiger partial charge is 0.0887 e. The lowest BCUT2D eigenvalue weighted by molar-refractivity contribution is 0.250. The Labute approximate surface area is 104 Å². The van der Waals surface area contributed by atoms with Crippen LogP contribution in [0.25, 0.3) is 0 Å². The fraction of sp³-hybridized carbons (Fsp3) is 0.600. The van der Waals surface area contributed by atoms with E-state index >= 15 is 0 Å². The molecule has 0 heterocycles. The first kappa shape index (κ1) is 13.9. The Morgan fingerprint density at radius 1 is 1.29 bits per heavy atom. The SMILES string of the molecule is CCCC(CCO)CNC1=C=C=C(C)C=C1C. The van der Waals surface area contributed by atoms with Crippen molar-refractivity contribution in [3.05, 3.63) is 34.4 Å². The molecule has 1 unspecified atom stereocenters. The summed E-state index contributed by atoms with van der Waals surface area (Å²) in [6.07, 6.45) is 5.30. The van der Waals surface area contributed by atoms with Crippen molar-refractivity contribution in [2.75, 3.05) is 13.2 Å². The van der Waals surface area contributed by atoms with Gasteiger partial charge in [0.05, 0.1) is 5.70 Å². The molecule has 94 valence electrons. The lowest BCUT2D eigenvalue weighted by atomic mass is 9.99. The molecular weight excluding hydrogens is 210 g/mol. The van der Waals surface area contributed by atoms with E-state index in [4.69, 9.17) is 5.11 Å². The number of rotatable bonds is 7. The predicted octanol–water partition coefficient (Wildman–Crippen LogP) is 2.92. The fourth-order valence-electron chi connectivity index (χ4n) is 2.06. The van der Waals surface area contributed by atoms with E-state index in [-0.39, 0.29) is 6.61 Å². The van der Waals surface area contributed by atoms with E-state index in [1.165, 1.54) is 5.57 Å². The maximum absolute atomic E-state index is 9.01. The van der Waals surface area contributed by atoms with E-state index in [9.17, 15) is 0 Å². The molecule has 1 aliphatic carbocycles. The zero-order chi connectivity index (χ0) is 12.7. The summed E-state index contributed by atoms with van der Waals surface area (Å²) in [5, 5.41) is 12.4. The highest BCUT2D eigenvalue weighted by molar-refractivity contribution is 5.37. The molecule has 0 aromatic carbocycles. The average Bonchev–Trinajstić information content (AvgIpc) is 2.28. The summed E-state index contributed by atoms with van der Waals surface area (Å²) in [4.78, 5) is 0. The molecule has 0 radical (unpaired) electrons. The third kappa shape index (κ3) is 4.66. The number of hydrogen-bond acceptors (Lipinski definition) is 2. The maximum atomic E-state index is 9.01. The van der Waals surface area contributed by atoms with Crippen LogP contribution in [0, 0.1) is 5.92 Å². The molecule has 17 heavy (non-hydrogen) atoms. The average molecular weight is 233 g/mol. The van der Waals surface area contributed by atoms with E-state index in [0.717, 1.165) is 37.1 Å². The molecule has 1 atom stereocenters. The number of aliphatic hydroxyl groups is 1. The lowest BCUT2D eigenvalue weighted by Crippen LogP contribution is -2.23. The maximum Gasteiger partial charge on any atom is 0.0887 e. The first-order valence-corrected chi connectivity index (χ1v) is 6.43. The van der Waals surface area contributed by atoms with Crippen LogP contribution in [0.15, 0.2) is 34.4 Å². The molecule has 0 aromatic heterocycles. The number of hydrogen-bond donors (Lipinski definition) is 2. The molecule has 1 aliphatic rings. The van der Waals surface area contributed by atoms with Crippen LogP contribution in [-0.2, 0) is 0 Å². The molecule has 0 amide bonds. The first-order valence-electron chi connectivity index (χ1n) is 6.43. The van der Waals surface area contributed by atoms with Crippen molar-refractivity contribution >= 4 is 0 Å². The van der Waals surface area contributed by atoms with Gasteiger partial charge < -0.3 is 10.4 Å². The second-order valence-electron chi connectivity index (χ2n) is 4.68. The Morgan fingerprint density at radius 3 is 2.65 bits per heavy atom. The lowest BCUT2D eigenvalue weighted by Gasteiger charge is -2.18. The minimum absolute atomic E-state index is 0.273. The standard InChI is InChI=1S/C15H23NO/c1-4-5-14(8-9-17)11-16-15-7-6-12(2)10-13(15)3/h10,14,16-17H,4-5,8-9,11H2,1-3H3. The largest absolute Gasteiger partial charge is 0.396 e. The van der Waals surface area contributed by atoms with Crippen LogP contribution in [0.1, 0.15) is 40.0 Å². The van der Waals surface area contributed by atoms with E-state index in [1.54, 1.807) is 0 Å². The van der Waals surface area contributed by atoms with Crippen LogP contribution < -0.4 is 5.32 Å². The Balaban J connectivity index is 2.55. The minimum Gasteiger partial charge on any atom is -0.396 e. The van der Waals surface area contributed by atoms with Gasteiger partial charge in [0, 0.05) is 13.2 Å². The Kier molecular flexibility index (Phi) is 5.86. The normalized spacial score (nSPS) is 16.1. The van der Waals surface area contributed by atoms with E-state index in [2.05, 4.69) is 36.7 Å². The van der Waals surface area contributed by atoms with Gasteiger partial charge in [0.15, 0.2) is 0 Å². The van der Waals surface area contributed by atoms with Crippen LogP contribution in [0.2, 0.25) is 0 Å². The van der Waals surface area contributed by atoms with Gasteiger partial charge in [0.25, 0.3) is 0 Å². The topological polar surface area (TPSA) is 32.3 Å². The van der Waals surface area contributed by atoms with E-state index < -0.39 is 0 Å². The second-order valence-corrected chi connectivity index (χ2v) is 4.68.